The minimum Gasteiger partial charge on any atom is -0.394 e. The average molecular weight is 192 g/mol. The van der Waals surface area contributed by atoms with Gasteiger partial charge in [-0.25, -0.2) is 9.97 Å². The van der Waals surface area contributed by atoms with Crippen LogP contribution in [-0.2, 0) is 0 Å². The van der Waals surface area contributed by atoms with Crippen LogP contribution in [-0.4, -0.2) is 23.1 Å². The molecular formula is C10H16N4. The van der Waals surface area contributed by atoms with Crippen LogP contribution in [0.5, 0.6) is 0 Å². The van der Waals surface area contributed by atoms with Gasteiger partial charge in [0.15, 0.2) is 5.82 Å². The van der Waals surface area contributed by atoms with Crippen molar-refractivity contribution in [1.82, 2.24) is 9.97 Å². The molecule has 0 aliphatic carbocycles. The molecule has 2 heterocycles. The summed E-state index contributed by atoms with van der Waals surface area (Å²) in [6.07, 6.45) is 5.72. The smallest absolute Gasteiger partial charge is 0.155 e. The maximum absolute atomic E-state index is 5.82. The minimum atomic E-state index is 0.684. The molecule has 2 rings (SSSR count). The van der Waals surface area contributed by atoms with Crippen molar-refractivity contribution in [3.05, 3.63) is 12.5 Å². The first-order chi connectivity index (χ1) is 6.81. The van der Waals surface area contributed by atoms with E-state index in [-0.39, 0.29) is 0 Å². The van der Waals surface area contributed by atoms with Gasteiger partial charge in [0.25, 0.3) is 0 Å². The molecule has 1 aromatic heterocycles. The maximum atomic E-state index is 5.82. The lowest BCUT2D eigenvalue weighted by atomic mass is 10.1. The summed E-state index contributed by atoms with van der Waals surface area (Å²) in [7, 11) is 0. The second-order valence-electron chi connectivity index (χ2n) is 3.81. The van der Waals surface area contributed by atoms with Crippen LogP contribution in [0.4, 0.5) is 11.5 Å². The van der Waals surface area contributed by atoms with Crippen molar-refractivity contribution < 1.29 is 0 Å². The molecule has 0 bridgehead atoms. The maximum Gasteiger partial charge on any atom is 0.155 e. The number of nitrogen functional groups attached to an aromatic ring is 1. The minimum absolute atomic E-state index is 0.684. The lowest BCUT2D eigenvalue weighted by Crippen LogP contribution is -2.22. The fourth-order valence-corrected chi connectivity index (χ4v) is 1.96. The van der Waals surface area contributed by atoms with Crippen LogP contribution in [0.15, 0.2) is 12.5 Å². The Balaban J connectivity index is 2.13. The highest BCUT2D eigenvalue weighted by Crippen LogP contribution is 2.26. The molecule has 1 saturated heterocycles. The van der Waals surface area contributed by atoms with Crippen molar-refractivity contribution in [1.29, 1.82) is 0 Å². The Bertz CT molecular complexity index is 313. The van der Waals surface area contributed by atoms with Crippen LogP contribution >= 0.6 is 0 Å². The lowest BCUT2D eigenvalue weighted by molar-refractivity contribution is 0.569. The number of nitrogens with zero attached hydrogens (tertiary/aromatic N) is 3. The Morgan fingerprint density at radius 3 is 3.14 bits per heavy atom. The van der Waals surface area contributed by atoms with E-state index in [1.54, 1.807) is 12.5 Å². The molecule has 4 nitrogen and oxygen atoms in total. The van der Waals surface area contributed by atoms with Gasteiger partial charge in [-0.3, -0.25) is 0 Å². The average Bonchev–Trinajstić information content (AvgIpc) is 2.67. The molecule has 1 aromatic rings. The molecule has 1 unspecified atom stereocenters. The Morgan fingerprint density at radius 1 is 1.64 bits per heavy atom. The number of anilines is 2. The molecule has 0 spiro atoms. The first kappa shape index (κ1) is 9.24. The van der Waals surface area contributed by atoms with Gasteiger partial charge in [-0.05, 0) is 12.3 Å². The van der Waals surface area contributed by atoms with Gasteiger partial charge < -0.3 is 10.6 Å². The number of aromatic nitrogens is 2. The Morgan fingerprint density at radius 2 is 2.50 bits per heavy atom. The third-order valence-corrected chi connectivity index (χ3v) is 2.88. The first-order valence-corrected chi connectivity index (χ1v) is 5.11. The van der Waals surface area contributed by atoms with E-state index in [2.05, 4.69) is 21.8 Å². The summed E-state index contributed by atoms with van der Waals surface area (Å²) in [5.74, 6) is 1.69. The summed E-state index contributed by atoms with van der Waals surface area (Å²) in [5.41, 5.74) is 6.51. The fraction of sp³-hybridized carbons (Fsp3) is 0.600. The highest BCUT2D eigenvalue weighted by Gasteiger charge is 2.23. The van der Waals surface area contributed by atoms with Crippen molar-refractivity contribution in [3.63, 3.8) is 0 Å². The second-order valence-corrected chi connectivity index (χ2v) is 3.81. The topological polar surface area (TPSA) is 55.0 Å². The summed E-state index contributed by atoms with van der Waals surface area (Å²) in [6, 6.07) is 0. The van der Waals surface area contributed by atoms with E-state index in [4.69, 9.17) is 5.73 Å². The molecular weight excluding hydrogens is 176 g/mol. The quantitative estimate of drug-likeness (QED) is 0.767. The van der Waals surface area contributed by atoms with Gasteiger partial charge in [0.05, 0.1) is 11.9 Å². The standard InChI is InChI=1S/C10H16N4/c1-2-8-3-4-14(6-8)10-9(11)5-12-7-13-10/h5,7-8H,2-4,6,11H2,1H3. The van der Waals surface area contributed by atoms with Crippen molar-refractivity contribution in [3.8, 4) is 0 Å². The molecule has 14 heavy (non-hydrogen) atoms. The van der Waals surface area contributed by atoms with E-state index >= 15 is 0 Å². The van der Waals surface area contributed by atoms with E-state index in [0.29, 0.717) is 5.69 Å². The highest BCUT2D eigenvalue weighted by molar-refractivity contribution is 5.61. The predicted octanol–water partition coefficient (Wildman–Crippen LogP) is 1.30. The summed E-state index contributed by atoms with van der Waals surface area (Å²) in [4.78, 5) is 10.4. The molecule has 0 aromatic carbocycles. The Kier molecular flexibility index (Phi) is 2.52. The molecule has 1 aliphatic heterocycles. The van der Waals surface area contributed by atoms with Gasteiger partial charge in [0.2, 0.25) is 0 Å². The molecule has 0 amide bonds. The number of rotatable bonds is 2. The van der Waals surface area contributed by atoms with Gasteiger partial charge in [-0.2, -0.15) is 0 Å². The monoisotopic (exact) mass is 192 g/mol. The van der Waals surface area contributed by atoms with Crippen molar-refractivity contribution >= 4 is 11.5 Å². The number of hydrogen-bond acceptors (Lipinski definition) is 4. The molecule has 0 saturated carbocycles. The summed E-state index contributed by atoms with van der Waals surface area (Å²) >= 11 is 0. The van der Waals surface area contributed by atoms with Gasteiger partial charge in [0.1, 0.15) is 6.33 Å². The SMILES string of the molecule is CCC1CCN(c2ncncc2N)C1. The second kappa shape index (κ2) is 3.82. The molecule has 1 fully saturated rings. The molecule has 0 radical (unpaired) electrons. The van der Waals surface area contributed by atoms with E-state index < -0.39 is 0 Å². The zero-order valence-electron chi connectivity index (χ0n) is 8.48. The molecule has 1 atom stereocenters. The van der Waals surface area contributed by atoms with Crippen molar-refractivity contribution in [2.75, 3.05) is 23.7 Å². The summed E-state index contributed by atoms with van der Waals surface area (Å²) < 4.78 is 0. The van der Waals surface area contributed by atoms with Crippen LogP contribution in [0, 0.1) is 5.92 Å². The van der Waals surface area contributed by atoms with E-state index in [1.807, 2.05) is 0 Å². The summed E-state index contributed by atoms with van der Waals surface area (Å²) in [6.45, 7) is 4.38. The molecule has 2 N–H and O–H groups in total. The van der Waals surface area contributed by atoms with Crippen LogP contribution in [0.1, 0.15) is 19.8 Å². The Hall–Kier alpha value is -1.32. The van der Waals surface area contributed by atoms with Gasteiger partial charge in [-0.1, -0.05) is 13.3 Å². The Labute approximate surface area is 84.2 Å². The third kappa shape index (κ3) is 1.64. The van der Waals surface area contributed by atoms with Gasteiger partial charge in [-0.15, -0.1) is 0 Å². The molecule has 1 aliphatic rings. The van der Waals surface area contributed by atoms with Crippen LogP contribution in [0.3, 0.4) is 0 Å². The first-order valence-electron chi connectivity index (χ1n) is 5.11. The number of nitrogens with two attached hydrogens (primary N) is 1. The molecule has 76 valence electrons. The van der Waals surface area contributed by atoms with Crippen molar-refractivity contribution in [2.24, 2.45) is 5.92 Å². The van der Waals surface area contributed by atoms with Gasteiger partial charge in [0, 0.05) is 13.1 Å². The third-order valence-electron chi connectivity index (χ3n) is 2.88. The van der Waals surface area contributed by atoms with Crippen LogP contribution < -0.4 is 10.6 Å². The normalized spacial score (nSPS) is 21.5. The lowest BCUT2D eigenvalue weighted by Gasteiger charge is -2.18. The summed E-state index contributed by atoms with van der Waals surface area (Å²) in [5, 5.41) is 0. The van der Waals surface area contributed by atoms with Crippen LogP contribution in [0.25, 0.3) is 0 Å². The predicted molar refractivity (Wildman–Crippen MR) is 57.1 cm³/mol. The fourth-order valence-electron chi connectivity index (χ4n) is 1.96. The largest absolute Gasteiger partial charge is 0.394 e. The van der Waals surface area contributed by atoms with E-state index in [0.717, 1.165) is 24.8 Å². The van der Waals surface area contributed by atoms with Crippen molar-refractivity contribution in [2.45, 2.75) is 19.8 Å². The molecule has 4 heteroatoms. The van der Waals surface area contributed by atoms with Crippen LogP contribution in [0.2, 0.25) is 0 Å². The van der Waals surface area contributed by atoms with E-state index in [9.17, 15) is 0 Å². The zero-order valence-corrected chi connectivity index (χ0v) is 8.48. The highest BCUT2D eigenvalue weighted by atomic mass is 15.2. The van der Waals surface area contributed by atoms with E-state index in [1.165, 1.54) is 12.8 Å². The number of hydrogen-bond donors (Lipinski definition) is 1. The van der Waals surface area contributed by atoms with Gasteiger partial charge >= 0.3 is 0 Å². The zero-order chi connectivity index (χ0) is 9.97.